The number of fused-ring (bicyclic) bond motifs is 5. The van der Waals surface area contributed by atoms with Gasteiger partial charge in [0.15, 0.2) is 0 Å². The Morgan fingerprint density at radius 3 is 2.77 bits per heavy atom. The Labute approximate surface area is 235 Å². The molecule has 1 saturated heterocycles. The molecule has 1 N–H and O–H groups in total. The molecule has 9 atom stereocenters. The number of aliphatic hydroxyl groups excluding tert-OH is 1. The number of carbonyl (C=O) groups excluding carboxylic acids is 1. The second-order valence-corrected chi connectivity index (χ2v) is 14.3. The van der Waals surface area contributed by atoms with E-state index in [1.165, 1.54) is 32.1 Å². The predicted molar refractivity (Wildman–Crippen MR) is 154 cm³/mol. The highest BCUT2D eigenvalue weighted by atomic mass is 16.5. The summed E-state index contributed by atoms with van der Waals surface area (Å²) in [7, 11) is 0. The molecule has 0 spiro atoms. The van der Waals surface area contributed by atoms with Crippen molar-refractivity contribution < 1.29 is 14.6 Å². The third-order valence-electron chi connectivity index (χ3n) is 12.3. The number of hydrogen-bond acceptors (Lipinski definition) is 4. The summed E-state index contributed by atoms with van der Waals surface area (Å²) < 4.78 is 6.15. The van der Waals surface area contributed by atoms with Gasteiger partial charge in [0, 0.05) is 25.4 Å². The number of ether oxygens (including phenoxy) is 1. The molecule has 4 aliphatic carbocycles. The molecule has 0 aromatic carbocycles. The molecule has 5 heteroatoms. The maximum absolute atomic E-state index is 13.3. The number of allylic oxidation sites excluding steroid dienone is 1. The lowest BCUT2D eigenvalue weighted by Gasteiger charge is -2.58. The highest BCUT2D eigenvalue weighted by Crippen LogP contribution is 2.67. The van der Waals surface area contributed by atoms with E-state index in [1.807, 2.05) is 12.1 Å². The number of hydrogen-bond donors (Lipinski definition) is 1. The first kappa shape index (κ1) is 27.3. The number of aromatic nitrogens is 1. The van der Waals surface area contributed by atoms with Crippen LogP contribution in [0, 0.1) is 40.4 Å². The zero-order valence-electron chi connectivity index (χ0n) is 24.5. The maximum atomic E-state index is 13.3. The topological polar surface area (TPSA) is 62.7 Å². The summed E-state index contributed by atoms with van der Waals surface area (Å²) in [6.07, 6.45) is 19.3. The molecule has 1 aromatic heterocycles. The molecule has 0 bridgehead atoms. The lowest BCUT2D eigenvalue weighted by atomic mass is 9.47. The number of likely N-dealkylation sites (tertiary alicyclic amines) is 1. The van der Waals surface area contributed by atoms with Crippen LogP contribution in [0.3, 0.4) is 0 Å². The molecule has 4 fully saturated rings. The fourth-order valence-electron chi connectivity index (χ4n) is 10.2. The van der Waals surface area contributed by atoms with E-state index >= 15 is 0 Å². The monoisotopic (exact) mass is 534 g/mol. The Bertz CT molecular complexity index is 1060. The number of carbonyl (C=O) groups is 1. The van der Waals surface area contributed by atoms with Crippen LogP contribution >= 0.6 is 0 Å². The van der Waals surface area contributed by atoms with Crippen molar-refractivity contribution in [3.05, 3.63) is 36.2 Å². The van der Waals surface area contributed by atoms with Crippen LogP contribution in [0.5, 0.6) is 5.75 Å². The molecule has 1 aromatic rings. The fourth-order valence-corrected chi connectivity index (χ4v) is 10.2. The van der Waals surface area contributed by atoms with Crippen molar-refractivity contribution in [2.75, 3.05) is 13.1 Å². The van der Waals surface area contributed by atoms with Gasteiger partial charge in [0.05, 0.1) is 12.6 Å². The number of pyridine rings is 1. The molecule has 214 valence electrons. The van der Waals surface area contributed by atoms with Gasteiger partial charge in [-0.15, -0.1) is 0 Å². The number of rotatable bonds is 6. The molecular formula is C34H50N2O3. The summed E-state index contributed by atoms with van der Waals surface area (Å²) in [5, 5.41) is 10.3. The van der Waals surface area contributed by atoms with Crippen molar-refractivity contribution >= 4 is 5.91 Å². The third kappa shape index (κ3) is 5.06. The highest BCUT2D eigenvalue weighted by molar-refractivity contribution is 5.76. The van der Waals surface area contributed by atoms with Crippen LogP contribution in [0.2, 0.25) is 0 Å². The van der Waals surface area contributed by atoms with E-state index in [9.17, 15) is 9.90 Å². The fraction of sp³-hybridized carbons (Fsp3) is 0.765. The Morgan fingerprint density at radius 1 is 1.13 bits per heavy atom. The van der Waals surface area contributed by atoms with Crippen molar-refractivity contribution in [3.8, 4) is 5.75 Å². The summed E-state index contributed by atoms with van der Waals surface area (Å²) >= 11 is 0. The van der Waals surface area contributed by atoms with E-state index in [2.05, 4.69) is 36.7 Å². The Kier molecular flexibility index (Phi) is 7.58. The molecule has 39 heavy (non-hydrogen) atoms. The average Bonchev–Trinajstić information content (AvgIpc) is 3.30. The van der Waals surface area contributed by atoms with Crippen LogP contribution in [0.25, 0.3) is 0 Å². The Balaban J connectivity index is 1.05. The van der Waals surface area contributed by atoms with Gasteiger partial charge in [-0.1, -0.05) is 32.4 Å². The SMILES string of the molecule is CC(CCC(=O)N1CCC[C@@H](Oc2ccncc2)C1)[C@H]1CC[C@H]2[C@@H]3CC=C4C[C@@H](O)CC[C@]4(C)[C@H]3CC[C@]12C. The van der Waals surface area contributed by atoms with Gasteiger partial charge in [0.1, 0.15) is 11.9 Å². The minimum Gasteiger partial charge on any atom is -0.488 e. The van der Waals surface area contributed by atoms with Crippen molar-refractivity contribution in [1.82, 2.24) is 9.88 Å². The van der Waals surface area contributed by atoms with Crippen LogP contribution in [-0.4, -0.2) is 46.2 Å². The van der Waals surface area contributed by atoms with Gasteiger partial charge in [-0.2, -0.15) is 0 Å². The van der Waals surface area contributed by atoms with Crippen molar-refractivity contribution in [1.29, 1.82) is 0 Å². The van der Waals surface area contributed by atoms with Crippen LogP contribution in [0.15, 0.2) is 36.2 Å². The lowest BCUT2D eigenvalue weighted by Crippen LogP contribution is -2.50. The first-order valence-corrected chi connectivity index (χ1v) is 16.0. The summed E-state index contributed by atoms with van der Waals surface area (Å²) in [5.74, 6) is 4.88. The number of piperidine rings is 1. The molecule has 5 nitrogen and oxygen atoms in total. The van der Waals surface area contributed by atoms with Crippen LogP contribution in [-0.2, 0) is 4.79 Å². The third-order valence-corrected chi connectivity index (χ3v) is 12.3. The molecule has 1 aliphatic heterocycles. The lowest BCUT2D eigenvalue weighted by molar-refractivity contribution is -0.134. The second-order valence-electron chi connectivity index (χ2n) is 14.3. The molecular weight excluding hydrogens is 484 g/mol. The standard InChI is InChI=1S/C34H50N2O3/c1-23(6-11-32(38)36-20-4-5-27(22-36)39-26-14-18-35-19-15-26)29-9-10-30-28-8-7-24-21-25(37)12-16-33(24,2)31(28)13-17-34(29,30)3/h7,14-15,18-19,23,25,27-31,37H,4-6,8-13,16-17,20-22H2,1-3H3/t23?,25-,27+,28-,29+,30-,31-,33-,34+/m0/s1. The van der Waals surface area contributed by atoms with E-state index in [-0.39, 0.29) is 12.2 Å². The van der Waals surface area contributed by atoms with E-state index in [0.717, 1.165) is 74.5 Å². The Hall–Kier alpha value is -1.88. The Morgan fingerprint density at radius 2 is 1.95 bits per heavy atom. The van der Waals surface area contributed by atoms with Crippen molar-refractivity contribution in [3.63, 3.8) is 0 Å². The second kappa shape index (κ2) is 10.8. The van der Waals surface area contributed by atoms with E-state index in [1.54, 1.807) is 18.0 Å². The van der Waals surface area contributed by atoms with Crippen LogP contribution < -0.4 is 4.74 Å². The predicted octanol–water partition coefficient (Wildman–Crippen LogP) is 6.81. The highest BCUT2D eigenvalue weighted by Gasteiger charge is 2.59. The van der Waals surface area contributed by atoms with E-state index in [0.29, 0.717) is 35.6 Å². The summed E-state index contributed by atoms with van der Waals surface area (Å²) in [4.78, 5) is 19.4. The van der Waals surface area contributed by atoms with Crippen molar-refractivity contribution in [2.24, 2.45) is 40.4 Å². The van der Waals surface area contributed by atoms with Gasteiger partial charge in [-0.3, -0.25) is 9.78 Å². The molecule has 6 rings (SSSR count). The van der Waals surface area contributed by atoms with Crippen LogP contribution in [0.1, 0.15) is 97.8 Å². The average molecular weight is 535 g/mol. The minimum absolute atomic E-state index is 0.0755. The van der Waals surface area contributed by atoms with Gasteiger partial charge in [0.2, 0.25) is 5.91 Å². The van der Waals surface area contributed by atoms with Gasteiger partial charge in [0.25, 0.3) is 0 Å². The molecule has 2 heterocycles. The summed E-state index contributed by atoms with van der Waals surface area (Å²) in [6, 6.07) is 3.79. The number of nitrogens with zero attached hydrogens (tertiary/aromatic N) is 2. The smallest absolute Gasteiger partial charge is 0.222 e. The van der Waals surface area contributed by atoms with Gasteiger partial charge in [-0.25, -0.2) is 0 Å². The van der Waals surface area contributed by atoms with E-state index in [4.69, 9.17) is 4.74 Å². The van der Waals surface area contributed by atoms with Gasteiger partial charge < -0.3 is 14.7 Å². The normalized spacial score (nSPS) is 40.6. The molecule has 0 radical (unpaired) electrons. The van der Waals surface area contributed by atoms with Gasteiger partial charge in [-0.05, 0) is 123 Å². The quantitative estimate of drug-likeness (QED) is 0.407. The summed E-state index contributed by atoms with van der Waals surface area (Å²) in [5.41, 5.74) is 2.29. The molecule has 3 saturated carbocycles. The first-order chi connectivity index (χ1) is 18.8. The zero-order chi connectivity index (χ0) is 27.2. The first-order valence-electron chi connectivity index (χ1n) is 16.0. The van der Waals surface area contributed by atoms with Crippen LogP contribution in [0.4, 0.5) is 0 Å². The van der Waals surface area contributed by atoms with E-state index < -0.39 is 0 Å². The maximum Gasteiger partial charge on any atom is 0.222 e. The number of amides is 1. The molecule has 5 aliphatic rings. The van der Waals surface area contributed by atoms with Crippen molar-refractivity contribution in [2.45, 2.75) is 110 Å². The zero-order valence-corrected chi connectivity index (χ0v) is 24.5. The summed E-state index contributed by atoms with van der Waals surface area (Å²) in [6.45, 7) is 9.14. The molecule has 1 unspecified atom stereocenters. The molecule has 1 amide bonds. The largest absolute Gasteiger partial charge is 0.488 e. The minimum atomic E-state index is -0.126. The number of aliphatic hydroxyl groups is 1. The van der Waals surface area contributed by atoms with Gasteiger partial charge >= 0.3 is 0 Å².